The van der Waals surface area contributed by atoms with E-state index < -0.39 is 0 Å². The van der Waals surface area contributed by atoms with E-state index in [1.807, 2.05) is 6.92 Å². The number of aryl methyl sites for hydroxylation is 1. The molecule has 0 aliphatic carbocycles. The second kappa shape index (κ2) is 4.86. The minimum atomic E-state index is 0.261. The summed E-state index contributed by atoms with van der Waals surface area (Å²) < 4.78 is 5.47. The number of hydrogen-bond donors (Lipinski definition) is 0. The molecule has 0 unspecified atom stereocenters. The van der Waals surface area contributed by atoms with E-state index in [4.69, 9.17) is 21.5 Å². The highest BCUT2D eigenvalue weighted by Crippen LogP contribution is 2.35. The van der Waals surface area contributed by atoms with Crippen LogP contribution in [-0.4, -0.2) is 9.97 Å². The van der Waals surface area contributed by atoms with Gasteiger partial charge >= 0.3 is 0 Å². The molecule has 0 aliphatic rings. The Labute approximate surface area is 102 Å². The summed E-state index contributed by atoms with van der Waals surface area (Å²) in [6, 6.07) is 0. The lowest BCUT2D eigenvalue weighted by Gasteiger charge is -2.01. The molecule has 0 saturated carbocycles. The van der Waals surface area contributed by atoms with Gasteiger partial charge in [0.1, 0.15) is 5.76 Å². The van der Waals surface area contributed by atoms with Crippen molar-refractivity contribution >= 4 is 17.3 Å². The van der Waals surface area contributed by atoms with Crippen LogP contribution in [0.4, 0.5) is 5.69 Å². The third kappa shape index (κ3) is 2.22. The number of halogens is 1. The first-order chi connectivity index (χ1) is 8.26. The van der Waals surface area contributed by atoms with Gasteiger partial charge in [0.05, 0.1) is 22.5 Å². The molecular weight excluding hydrogens is 242 g/mol. The molecule has 0 aromatic carbocycles. The van der Waals surface area contributed by atoms with Crippen LogP contribution in [0.25, 0.3) is 21.9 Å². The van der Waals surface area contributed by atoms with Gasteiger partial charge in [-0.1, -0.05) is 23.6 Å². The van der Waals surface area contributed by atoms with Gasteiger partial charge in [0, 0.05) is 23.7 Å². The second-order valence-electron chi connectivity index (χ2n) is 3.19. The summed E-state index contributed by atoms with van der Waals surface area (Å²) in [5.41, 5.74) is 9.25. The van der Waals surface area contributed by atoms with Crippen molar-refractivity contribution < 1.29 is 4.42 Å². The predicted octanol–water partition coefficient (Wildman–Crippen LogP) is 3.89. The van der Waals surface area contributed by atoms with Gasteiger partial charge < -0.3 is 4.42 Å². The number of azide groups is 1. The van der Waals surface area contributed by atoms with Crippen molar-refractivity contribution in [3.05, 3.63) is 39.8 Å². The maximum atomic E-state index is 8.50. The van der Waals surface area contributed by atoms with Crippen LogP contribution in [0, 0.1) is 0 Å². The molecule has 2 rings (SSSR count). The van der Waals surface area contributed by atoms with Crippen LogP contribution in [0.5, 0.6) is 0 Å². The van der Waals surface area contributed by atoms with Crippen molar-refractivity contribution in [3.8, 4) is 11.5 Å². The zero-order chi connectivity index (χ0) is 12.3. The average Bonchev–Trinajstić information content (AvgIpc) is 2.80. The van der Waals surface area contributed by atoms with Gasteiger partial charge in [0.2, 0.25) is 5.89 Å². The first-order valence-corrected chi connectivity index (χ1v) is 5.27. The molecular formula is C10H8ClN5O. The third-order valence-electron chi connectivity index (χ3n) is 2.15. The Bertz CT molecular complexity index is 588. The molecule has 0 atom stereocenters. The van der Waals surface area contributed by atoms with Crippen molar-refractivity contribution in [1.82, 2.24) is 9.97 Å². The smallest absolute Gasteiger partial charge is 0.228 e. The molecule has 0 radical (unpaired) electrons. The Morgan fingerprint density at radius 3 is 2.94 bits per heavy atom. The normalized spacial score (nSPS) is 10.0. The van der Waals surface area contributed by atoms with E-state index in [0.717, 1.165) is 12.2 Å². The van der Waals surface area contributed by atoms with Crippen molar-refractivity contribution in [2.24, 2.45) is 5.11 Å². The molecule has 0 aliphatic heterocycles. The number of aromatic nitrogens is 2. The number of oxazole rings is 1. The maximum absolute atomic E-state index is 8.50. The van der Waals surface area contributed by atoms with E-state index in [9.17, 15) is 0 Å². The maximum Gasteiger partial charge on any atom is 0.228 e. The molecule has 86 valence electrons. The van der Waals surface area contributed by atoms with E-state index >= 15 is 0 Å². The number of nitrogens with zero attached hydrogens (tertiary/aromatic N) is 5. The summed E-state index contributed by atoms with van der Waals surface area (Å²) >= 11 is 5.90. The monoisotopic (exact) mass is 249 g/mol. The minimum Gasteiger partial charge on any atom is -0.441 e. The van der Waals surface area contributed by atoms with Crippen molar-refractivity contribution in [2.45, 2.75) is 13.3 Å². The zero-order valence-electron chi connectivity index (χ0n) is 8.96. The van der Waals surface area contributed by atoms with E-state index in [1.165, 1.54) is 12.4 Å². The SMILES string of the molecule is CCc1cnc(-c2cncc(Cl)c2N=[N+]=[N-])o1. The van der Waals surface area contributed by atoms with E-state index in [2.05, 4.69) is 20.0 Å². The first-order valence-electron chi connectivity index (χ1n) is 4.90. The minimum absolute atomic E-state index is 0.261. The van der Waals surface area contributed by atoms with Gasteiger partial charge in [0.25, 0.3) is 0 Å². The Morgan fingerprint density at radius 1 is 1.47 bits per heavy atom. The molecule has 0 bridgehead atoms. The average molecular weight is 250 g/mol. The Morgan fingerprint density at radius 2 is 2.29 bits per heavy atom. The fourth-order valence-electron chi connectivity index (χ4n) is 1.33. The number of pyridine rings is 1. The van der Waals surface area contributed by atoms with Gasteiger partial charge in [-0.3, -0.25) is 4.98 Å². The Kier molecular flexibility index (Phi) is 3.27. The summed E-state index contributed by atoms with van der Waals surface area (Å²) in [4.78, 5) is 10.7. The van der Waals surface area contributed by atoms with Crippen LogP contribution in [0.1, 0.15) is 12.7 Å². The molecule has 2 heterocycles. The predicted molar refractivity (Wildman–Crippen MR) is 62.9 cm³/mol. The summed E-state index contributed by atoms with van der Waals surface area (Å²) in [7, 11) is 0. The largest absolute Gasteiger partial charge is 0.441 e. The van der Waals surface area contributed by atoms with Crippen molar-refractivity contribution in [1.29, 1.82) is 0 Å². The molecule has 6 nitrogen and oxygen atoms in total. The topological polar surface area (TPSA) is 87.7 Å². The highest BCUT2D eigenvalue weighted by atomic mass is 35.5. The molecule has 2 aromatic heterocycles. The van der Waals surface area contributed by atoms with Crippen LogP contribution >= 0.6 is 11.6 Å². The molecule has 0 saturated heterocycles. The van der Waals surface area contributed by atoms with E-state index in [0.29, 0.717) is 11.5 Å². The van der Waals surface area contributed by atoms with Gasteiger partial charge in [-0.2, -0.15) is 0 Å². The van der Waals surface area contributed by atoms with Crippen molar-refractivity contribution in [2.75, 3.05) is 0 Å². The summed E-state index contributed by atoms with van der Waals surface area (Å²) in [6.45, 7) is 1.95. The van der Waals surface area contributed by atoms with Gasteiger partial charge in [-0.25, -0.2) is 4.98 Å². The van der Waals surface area contributed by atoms with Gasteiger partial charge in [0.15, 0.2) is 0 Å². The summed E-state index contributed by atoms with van der Waals surface area (Å²) in [5.74, 6) is 1.09. The second-order valence-corrected chi connectivity index (χ2v) is 3.60. The standard InChI is InChI=1S/C10H8ClN5O/c1-2-6-3-14-10(17-6)7-4-13-5-8(11)9(7)15-16-12/h3-5H,2H2,1H3. The third-order valence-corrected chi connectivity index (χ3v) is 2.43. The molecule has 2 aromatic rings. The molecule has 0 fully saturated rings. The highest BCUT2D eigenvalue weighted by Gasteiger charge is 2.13. The fourth-order valence-corrected chi connectivity index (χ4v) is 1.52. The molecule has 0 N–H and O–H groups in total. The summed E-state index contributed by atoms with van der Waals surface area (Å²) in [5, 5.41) is 3.79. The zero-order valence-corrected chi connectivity index (χ0v) is 9.72. The lowest BCUT2D eigenvalue weighted by molar-refractivity contribution is 0.524. The van der Waals surface area contributed by atoms with Crippen LogP contribution < -0.4 is 0 Å². The Hall–Kier alpha value is -2.04. The fraction of sp³-hybridized carbons (Fsp3) is 0.200. The Balaban J connectivity index is 2.58. The van der Waals surface area contributed by atoms with E-state index in [1.54, 1.807) is 6.20 Å². The molecule has 7 heteroatoms. The van der Waals surface area contributed by atoms with E-state index in [-0.39, 0.29) is 10.7 Å². The van der Waals surface area contributed by atoms with Crippen LogP contribution in [0.2, 0.25) is 5.02 Å². The van der Waals surface area contributed by atoms with Crippen LogP contribution in [0.3, 0.4) is 0 Å². The number of hydrogen-bond acceptors (Lipinski definition) is 4. The van der Waals surface area contributed by atoms with Crippen molar-refractivity contribution in [3.63, 3.8) is 0 Å². The summed E-state index contributed by atoms with van der Waals surface area (Å²) in [6.07, 6.45) is 5.26. The lowest BCUT2D eigenvalue weighted by Crippen LogP contribution is -1.82. The first kappa shape index (κ1) is 11.4. The highest BCUT2D eigenvalue weighted by molar-refractivity contribution is 6.33. The van der Waals surface area contributed by atoms with Crippen LogP contribution in [0.15, 0.2) is 28.1 Å². The quantitative estimate of drug-likeness (QED) is 0.469. The molecule has 0 amide bonds. The molecule has 17 heavy (non-hydrogen) atoms. The lowest BCUT2D eigenvalue weighted by atomic mass is 10.2. The number of rotatable bonds is 3. The molecule has 0 spiro atoms. The van der Waals surface area contributed by atoms with Gasteiger partial charge in [-0.05, 0) is 5.53 Å². The van der Waals surface area contributed by atoms with Crippen LogP contribution in [-0.2, 0) is 6.42 Å². The van der Waals surface area contributed by atoms with Gasteiger partial charge in [-0.15, -0.1) is 0 Å².